The molecular formula is C9H16N4O2. The highest BCUT2D eigenvalue weighted by Crippen LogP contribution is 2.09. The first-order valence-electron chi connectivity index (χ1n) is 4.98. The fourth-order valence-corrected chi connectivity index (χ4v) is 1.32. The third-order valence-electron chi connectivity index (χ3n) is 2.11. The number of nitrogens with zero attached hydrogens (tertiary/aromatic N) is 1. The van der Waals surface area contributed by atoms with Crippen LogP contribution in [0.25, 0.3) is 0 Å². The van der Waals surface area contributed by atoms with Crippen molar-refractivity contribution in [2.75, 3.05) is 17.6 Å². The van der Waals surface area contributed by atoms with Crippen LogP contribution in [-0.2, 0) is 6.54 Å². The number of H-pyrrole nitrogens is 1. The zero-order valence-electron chi connectivity index (χ0n) is 8.96. The molecule has 1 aromatic rings. The quantitative estimate of drug-likeness (QED) is 0.653. The van der Waals surface area contributed by atoms with Gasteiger partial charge >= 0.3 is 5.69 Å². The number of aromatic amines is 1. The van der Waals surface area contributed by atoms with Crippen molar-refractivity contribution in [2.45, 2.75) is 26.8 Å². The van der Waals surface area contributed by atoms with E-state index in [1.165, 1.54) is 4.57 Å². The predicted octanol–water partition coefficient (Wildman–Crippen LogP) is -0.0394. The van der Waals surface area contributed by atoms with Crippen LogP contribution in [0.5, 0.6) is 0 Å². The molecule has 4 N–H and O–H groups in total. The summed E-state index contributed by atoms with van der Waals surface area (Å²) < 4.78 is 1.32. The summed E-state index contributed by atoms with van der Waals surface area (Å²) in [7, 11) is 0. The summed E-state index contributed by atoms with van der Waals surface area (Å²) >= 11 is 0. The van der Waals surface area contributed by atoms with Gasteiger partial charge in [0.05, 0.1) is 0 Å². The van der Waals surface area contributed by atoms with Crippen LogP contribution in [0.3, 0.4) is 0 Å². The zero-order chi connectivity index (χ0) is 11.4. The number of nitrogens with one attached hydrogen (secondary N) is 2. The van der Waals surface area contributed by atoms with Crippen LogP contribution in [0, 0.1) is 0 Å². The van der Waals surface area contributed by atoms with Gasteiger partial charge in [-0.15, -0.1) is 0 Å². The van der Waals surface area contributed by atoms with Crippen molar-refractivity contribution in [2.24, 2.45) is 0 Å². The van der Waals surface area contributed by atoms with Crippen molar-refractivity contribution >= 4 is 11.5 Å². The van der Waals surface area contributed by atoms with Crippen LogP contribution in [0.15, 0.2) is 9.59 Å². The summed E-state index contributed by atoms with van der Waals surface area (Å²) in [6.45, 7) is 4.85. The Balaban J connectivity index is 3.26. The Bertz CT molecular complexity index is 446. The highest BCUT2D eigenvalue weighted by atomic mass is 16.2. The largest absolute Gasteiger partial charge is 0.383 e. The summed E-state index contributed by atoms with van der Waals surface area (Å²) in [4.78, 5) is 25.0. The van der Waals surface area contributed by atoms with Gasteiger partial charge in [-0.3, -0.25) is 14.3 Å². The lowest BCUT2D eigenvalue weighted by Gasteiger charge is -2.11. The van der Waals surface area contributed by atoms with E-state index in [9.17, 15) is 9.59 Å². The minimum Gasteiger partial charge on any atom is -0.383 e. The van der Waals surface area contributed by atoms with Crippen molar-refractivity contribution in [1.82, 2.24) is 9.55 Å². The van der Waals surface area contributed by atoms with Gasteiger partial charge < -0.3 is 11.1 Å². The molecule has 0 aliphatic carbocycles. The molecule has 0 aromatic carbocycles. The molecule has 0 unspecified atom stereocenters. The van der Waals surface area contributed by atoms with Crippen LogP contribution in [0.2, 0.25) is 0 Å². The number of rotatable bonds is 4. The van der Waals surface area contributed by atoms with Gasteiger partial charge in [-0.25, -0.2) is 4.79 Å². The summed E-state index contributed by atoms with van der Waals surface area (Å²) in [6.07, 6.45) is 0.879. The summed E-state index contributed by atoms with van der Waals surface area (Å²) in [6, 6.07) is 0. The molecule has 1 aromatic heterocycles. The van der Waals surface area contributed by atoms with Gasteiger partial charge in [0.1, 0.15) is 11.5 Å². The zero-order valence-corrected chi connectivity index (χ0v) is 8.96. The van der Waals surface area contributed by atoms with Gasteiger partial charge in [0.25, 0.3) is 5.56 Å². The molecule has 15 heavy (non-hydrogen) atoms. The van der Waals surface area contributed by atoms with E-state index in [0.29, 0.717) is 13.1 Å². The van der Waals surface area contributed by atoms with Crippen molar-refractivity contribution < 1.29 is 0 Å². The maximum atomic E-state index is 11.4. The lowest BCUT2D eigenvalue weighted by molar-refractivity contribution is 0.705. The molecular weight excluding hydrogens is 196 g/mol. The van der Waals surface area contributed by atoms with Crippen molar-refractivity contribution in [1.29, 1.82) is 0 Å². The number of aromatic nitrogens is 2. The molecule has 0 fully saturated rings. The van der Waals surface area contributed by atoms with Crippen molar-refractivity contribution in [3.05, 3.63) is 20.8 Å². The van der Waals surface area contributed by atoms with E-state index in [4.69, 9.17) is 5.73 Å². The van der Waals surface area contributed by atoms with E-state index in [1.54, 1.807) is 6.92 Å². The third kappa shape index (κ3) is 2.20. The molecule has 0 bridgehead atoms. The first kappa shape index (κ1) is 11.4. The van der Waals surface area contributed by atoms with E-state index in [1.807, 2.05) is 6.92 Å². The van der Waals surface area contributed by atoms with Crippen LogP contribution in [0.4, 0.5) is 11.5 Å². The van der Waals surface area contributed by atoms with E-state index in [2.05, 4.69) is 10.3 Å². The van der Waals surface area contributed by atoms with Crippen molar-refractivity contribution in [3.63, 3.8) is 0 Å². The van der Waals surface area contributed by atoms with E-state index in [0.717, 1.165) is 6.42 Å². The van der Waals surface area contributed by atoms with Crippen molar-refractivity contribution in [3.8, 4) is 0 Å². The molecule has 1 rings (SSSR count). The predicted molar refractivity (Wildman–Crippen MR) is 60.2 cm³/mol. The highest BCUT2D eigenvalue weighted by molar-refractivity contribution is 5.60. The van der Waals surface area contributed by atoms with Gasteiger partial charge in [0, 0.05) is 13.1 Å². The topological polar surface area (TPSA) is 92.9 Å². The summed E-state index contributed by atoms with van der Waals surface area (Å²) in [5.41, 5.74) is 5.06. The molecule has 6 heteroatoms. The molecule has 0 aliphatic rings. The monoisotopic (exact) mass is 212 g/mol. The Labute approximate surface area is 87.1 Å². The van der Waals surface area contributed by atoms with Crippen LogP contribution < -0.4 is 22.3 Å². The second kappa shape index (κ2) is 4.68. The number of nitrogen functional groups attached to an aromatic ring is 1. The standard InChI is InChI=1S/C9H16N4O2/c1-3-5-11-6-7(10)13(4-2)9(15)12-8(6)14/h11H,3-5,10H2,1-2H3,(H,12,14,15). The summed E-state index contributed by atoms with van der Waals surface area (Å²) in [5.74, 6) is 0.194. The Morgan fingerprint density at radius 3 is 2.60 bits per heavy atom. The van der Waals surface area contributed by atoms with E-state index in [-0.39, 0.29) is 11.5 Å². The molecule has 6 nitrogen and oxygen atoms in total. The highest BCUT2D eigenvalue weighted by Gasteiger charge is 2.09. The molecule has 0 spiro atoms. The Morgan fingerprint density at radius 1 is 1.40 bits per heavy atom. The Hall–Kier alpha value is -1.72. The SMILES string of the molecule is CCCNc1c(N)n(CC)c(=O)[nH]c1=O. The normalized spacial score (nSPS) is 10.3. The fraction of sp³-hybridized carbons (Fsp3) is 0.556. The van der Waals surface area contributed by atoms with Crippen LogP contribution in [0.1, 0.15) is 20.3 Å². The van der Waals surface area contributed by atoms with Gasteiger partial charge in [-0.1, -0.05) is 6.92 Å². The van der Waals surface area contributed by atoms with E-state index >= 15 is 0 Å². The average Bonchev–Trinajstić information content (AvgIpc) is 2.17. The lowest BCUT2D eigenvalue weighted by atomic mass is 10.4. The van der Waals surface area contributed by atoms with Crippen LogP contribution >= 0.6 is 0 Å². The third-order valence-corrected chi connectivity index (χ3v) is 2.11. The molecule has 0 radical (unpaired) electrons. The maximum Gasteiger partial charge on any atom is 0.330 e. The first-order valence-corrected chi connectivity index (χ1v) is 4.98. The number of hydrogen-bond donors (Lipinski definition) is 3. The number of anilines is 2. The van der Waals surface area contributed by atoms with Crippen LogP contribution in [-0.4, -0.2) is 16.1 Å². The molecule has 0 saturated carbocycles. The lowest BCUT2D eigenvalue weighted by Crippen LogP contribution is -2.33. The minimum atomic E-state index is -0.470. The minimum absolute atomic E-state index is 0.194. The van der Waals surface area contributed by atoms with Gasteiger partial charge in [0.15, 0.2) is 0 Å². The number of nitrogens with two attached hydrogens (primary N) is 1. The Morgan fingerprint density at radius 2 is 2.07 bits per heavy atom. The average molecular weight is 212 g/mol. The van der Waals surface area contributed by atoms with E-state index < -0.39 is 11.2 Å². The fourth-order valence-electron chi connectivity index (χ4n) is 1.32. The van der Waals surface area contributed by atoms with Gasteiger partial charge in [0.2, 0.25) is 0 Å². The molecule has 0 aliphatic heterocycles. The van der Waals surface area contributed by atoms with Gasteiger partial charge in [-0.2, -0.15) is 0 Å². The molecule has 1 heterocycles. The van der Waals surface area contributed by atoms with Gasteiger partial charge in [-0.05, 0) is 13.3 Å². The molecule has 0 saturated heterocycles. The molecule has 84 valence electrons. The second-order valence-corrected chi connectivity index (χ2v) is 3.19. The number of hydrogen-bond acceptors (Lipinski definition) is 4. The summed E-state index contributed by atoms with van der Waals surface area (Å²) in [5, 5.41) is 2.90. The Kier molecular flexibility index (Phi) is 3.54. The first-order chi connectivity index (χ1) is 7.11. The maximum absolute atomic E-state index is 11.4. The second-order valence-electron chi connectivity index (χ2n) is 3.19. The molecule has 0 amide bonds. The molecule has 0 atom stereocenters. The smallest absolute Gasteiger partial charge is 0.330 e.